The maximum Gasteiger partial charge on any atom is 0.121 e. The first-order valence-electron chi connectivity index (χ1n) is 7.80. The summed E-state index contributed by atoms with van der Waals surface area (Å²) >= 11 is 0. The van der Waals surface area contributed by atoms with Crippen molar-refractivity contribution in [1.82, 2.24) is 9.80 Å². The van der Waals surface area contributed by atoms with E-state index in [0.29, 0.717) is 6.04 Å². The van der Waals surface area contributed by atoms with E-state index in [0.717, 1.165) is 18.3 Å². The van der Waals surface area contributed by atoms with Crippen LogP contribution in [0.1, 0.15) is 30.9 Å². The lowest BCUT2D eigenvalue weighted by Gasteiger charge is -2.43. The highest BCUT2D eigenvalue weighted by atomic mass is 16.5. The number of methoxy groups -OCH3 is 1. The third-order valence-electron chi connectivity index (χ3n) is 5.07. The minimum Gasteiger partial charge on any atom is -0.496 e. The lowest BCUT2D eigenvalue weighted by molar-refractivity contribution is 0.0470. The van der Waals surface area contributed by atoms with Crippen molar-refractivity contribution in [3.05, 3.63) is 29.3 Å². The lowest BCUT2D eigenvalue weighted by Crippen LogP contribution is -2.55. The highest BCUT2D eigenvalue weighted by molar-refractivity contribution is 5.36. The molecule has 0 spiro atoms. The molecule has 110 valence electrons. The predicted molar refractivity (Wildman–Crippen MR) is 82.2 cm³/mol. The summed E-state index contributed by atoms with van der Waals surface area (Å²) in [7, 11) is 1.74. The molecule has 2 heterocycles. The average Bonchev–Trinajstić information content (AvgIpc) is 2.91. The highest BCUT2D eigenvalue weighted by Gasteiger charge is 2.36. The third-order valence-corrected chi connectivity index (χ3v) is 5.07. The van der Waals surface area contributed by atoms with Gasteiger partial charge in [0.25, 0.3) is 0 Å². The second-order valence-corrected chi connectivity index (χ2v) is 6.26. The molecule has 0 bridgehead atoms. The number of benzene rings is 1. The van der Waals surface area contributed by atoms with E-state index in [-0.39, 0.29) is 0 Å². The minimum atomic E-state index is 0.675. The van der Waals surface area contributed by atoms with Crippen LogP contribution >= 0.6 is 0 Å². The molecule has 2 saturated heterocycles. The smallest absolute Gasteiger partial charge is 0.121 e. The minimum absolute atomic E-state index is 0.675. The molecule has 0 aliphatic carbocycles. The normalized spacial score (nSPS) is 27.6. The second-order valence-electron chi connectivity index (χ2n) is 6.26. The van der Waals surface area contributed by atoms with Crippen LogP contribution in [0.25, 0.3) is 0 Å². The molecule has 0 aromatic heterocycles. The molecule has 2 aliphatic rings. The van der Waals surface area contributed by atoms with E-state index in [2.05, 4.69) is 41.8 Å². The Kier molecular flexibility index (Phi) is 3.99. The molecule has 3 rings (SSSR count). The van der Waals surface area contributed by atoms with Gasteiger partial charge in [-0.25, -0.2) is 0 Å². The van der Waals surface area contributed by atoms with Crippen LogP contribution in [-0.2, 0) is 6.54 Å². The van der Waals surface area contributed by atoms with Crippen molar-refractivity contribution >= 4 is 0 Å². The standard InChI is InChI=1S/C17H26N2O/c1-13-11-15(6-7-17(13)20-3)12-19-10-9-18-8-4-5-16(18)14(19)2/h6-7,11,14,16H,4-5,8-10,12H2,1-3H3/t14-,16+/m0/s1. The van der Waals surface area contributed by atoms with E-state index in [4.69, 9.17) is 4.74 Å². The number of fused-ring (bicyclic) bond motifs is 1. The molecular weight excluding hydrogens is 248 g/mol. The maximum atomic E-state index is 5.35. The van der Waals surface area contributed by atoms with Crippen molar-refractivity contribution in [3.63, 3.8) is 0 Å². The lowest BCUT2D eigenvalue weighted by atomic mass is 10.0. The summed E-state index contributed by atoms with van der Waals surface area (Å²) in [6.45, 7) is 9.34. The van der Waals surface area contributed by atoms with Crippen LogP contribution in [0, 0.1) is 6.92 Å². The van der Waals surface area contributed by atoms with Crippen molar-refractivity contribution in [1.29, 1.82) is 0 Å². The summed E-state index contributed by atoms with van der Waals surface area (Å²) in [5, 5.41) is 0. The first-order valence-corrected chi connectivity index (χ1v) is 7.80. The van der Waals surface area contributed by atoms with Crippen LogP contribution in [0.2, 0.25) is 0 Å². The molecule has 1 aromatic rings. The summed E-state index contributed by atoms with van der Waals surface area (Å²) in [6, 6.07) is 8.03. The maximum absolute atomic E-state index is 5.35. The van der Waals surface area contributed by atoms with Crippen LogP contribution in [-0.4, -0.2) is 48.6 Å². The number of hydrogen-bond acceptors (Lipinski definition) is 3. The number of ether oxygens (including phenoxy) is 1. The van der Waals surface area contributed by atoms with Gasteiger partial charge < -0.3 is 4.74 Å². The molecular formula is C17H26N2O. The first-order chi connectivity index (χ1) is 9.69. The molecule has 2 aliphatic heterocycles. The van der Waals surface area contributed by atoms with Gasteiger partial charge in [-0.15, -0.1) is 0 Å². The largest absolute Gasteiger partial charge is 0.496 e. The Bertz CT molecular complexity index is 474. The van der Waals surface area contributed by atoms with Gasteiger partial charge in [0.15, 0.2) is 0 Å². The van der Waals surface area contributed by atoms with Gasteiger partial charge in [-0.1, -0.05) is 12.1 Å². The van der Waals surface area contributed by atoms with Gasteiger partial charge in [-0.3, -0.25) is 9.80 Å². The van der Waals surface area contributed by atoms with Gasteiger partial charge >= 0.3 is 0 Å². The summed E-state index contributed by atoms with van der Waals surface area (Å²) in [4.78, 5) is 5.33. The zero-order valence-electron chi connectivity index (χ0n) is 12.9. The fourth-order valence-electron chi connectivity index (χ4n) is 3.88. The van der Waals surface area contributed by atoms with E-state index in [9.17, 15) is 0 Å². The number of rotatable bonds is 3. The van der Waals surface area contributed by atoms with E-state index >= 15 is 0 Å². The average molecular weight is 274 g/mol. The molecule has 2 fully saturated rings. The van der Waals surface area contributed by atoms with Crippen molar-refractivity contribution in [2.75, 3.05) is 26.7 Å². The summed E-state index contributed by atoms with van der Waals surface area (Å²) in [6.07, 6.45) is 2.75. The van der Waals surface area contributed by atoms with Crippen molar-refractivity contribution < 1.29 is 4.74 Å². The van der Waals surface area contributed by atoms with Crippen LogP contribution in [0.4, 0.5) is 0 Å². The van der Waals surface area contributed by atoms with Crippen LogP contribution in [0.5, 0.6) is 5.75 Å². The van der Waals surface area contributed by atoms with E-state index in [1.165, 1.54) is 43.6 Å². The first kappa shape index (κ1) is 13.9. The summed E-state index contributed by atoms with van der Waals surface area (Å²) in [5.74, 6) is 0.988. The second kappa shape index (κ2) is 5.74. The molecule has 1 aromatic carbocycles. The van der Waals surface area contributed by atoms with Gasteiger partial charge in [0.05, 0.1) is 7.11 Å². The van der Waals surface area contributed by atoms with Gasteiger partial charge in [-0.05, 0) is 50.4 Å². The summed E-state index contributed by atoms with van der Waals surface area (Å²) < 4.78 is 5.35. The van der Waals surface area contributed by atoms with Crippen molar-refractivity contribution in [2.45, 2.75) is 45.3 Å². The molecule has 2 atom stereocenters. The van der Waals surface area contributed by atoms with E-state index in [1.807, 2.05) is 0 Å². The quantitative estimate of drug-likeness (QED) is 0.843. The van der Waals surface area contributed by atoms with Crippen LogP contribution < -0.4 is 4.74 Å². The number of hydrogen-bond donors (Lipinski definition) is 0. The molecule has 0 amide bonds. The molecule has 0 unspecified atom stereocenters. The zero-order chi connectivity index (χ0) is 14.1. The fraction of sp³-hybridized carbons (Fsp3) is 0.647. The Morgan fingerprint density at radius 3 is 2.85 bits per heavy atom. The van der Waals surface area contributed by atoms with E-state index < -0.39 is 0 Å². The number of nitrogens with zero attached hydrogens (tertiary/aromatic N) is 2. The highest BCUT2D eigenvalue weighted by Crippen LogP contribution is 2.28. The van der Waals surface area contributed by atoms with Crippen LogP contribution in [0.3, 0.4) is 0 Å². The molecule has 20 heavy (non-hydrogen) atoms. The molecule has 0 N–H and O–H groups in total. The number of aryl methyl sites for hydroxylation is 1. The van der Waals surface area contributed by atoms with E-state index in [1.54, 1.807) is 7.11 Å². The predicted octanol–water partition coefficient (Wildman–Crippen LogP) is 2.67. The van der Waals surface area contributed by atoms with Gasteiger partial charge in [0, 0.05) is 31.7 Å². The fourth-order valence-corrected chi connectivity index (χ4v) is 3.88. The Hall–Kier alpha value is -1.06. The Labute approximate surface area is 122 Å². The van der Waals surface area contributed by atoms with Gasteiger partial charge in [0.1, 0.15) is 5.75 Å². The van der Waals surface area contributed by atoms with Gasteiger partial charge in [-0.2, -0.15) is 0 Å². The third kappa shape index (κ3) is 2.57. The Morgan fingerprint density at radius 2 is 2.10 bits per heavy atom. The molecule has 0 saturated carbocycles. The number of piperazine rings is 1. The topological polar surface area (TPSA) is 15.7 Å². The van der Waals surface area contributed by atoms with Gasteiger partial charge in [0.2, 0.25) is 0 Å². The summed E-state index contributed by atoms with van der Waals surface area (Å²) in [5.41, 5.74) is 2.64. The molecule has 3 heteroatoms. The van der Waals surface area contributed by atoms with Crippen molar-refractivity contribution in [2.24, 2.45) is 0 Å². The van der Waals surface area contributed by atoms with Crippen molar-refractivity contribution in [3.8, 4) is 5.75 Å². The van der Waals surface area contributed by atoms with Crippen LogP contribution in [0.15, 0.2) is 18.2 Å². The molecule has 3 nitrogen and oxygen atoms in total. The zero-order valence-corrected chi connectivity index (χ0v) is 12.9. The Balaban J connectivity index is 1.69. The molecule has 0 radical (unpaired) electrons. The Morgan fingerprint density at radius 1 is 1.25 bits per heavy atom. The monoisotopic (exact) mass is 274 g/mol. The SMILES string of the molecule is COc1ccc(CN2CCN3CCC[C@@H]3[C@@H]2C)cc1C.